The molecule has 1 aliphatic rings. The highest BCUT2D eigenvalue weighted by molar-refractivity contribution is 6.35. The molecule has 3 heterocycles. The number of rotatable bonds is 2. The van der Waals surface area contributed by atoms with Crippen molar-refractivity contribution < 1.29 is 9.59 Å². The Morgan fingerprint density at radius 2 is 2.17 bits per heavy atom. The van der Waals surface area contributed by atoms with E-state index in [2.05, 4.69) is 20.6 Å². The van der Waals surface area contributed by atoms with Crippen LogP contribution in [0.25, 0.3) is 22.7 Å². The second kappa shape index (κ2) is 5.24. The van der Waals surface area contributed by atoms with Crippen LogP contribution in [0.3, 0.4) is 0 Å². The summed E-state index contributed by atoms with van der Waals surface area (Å²) in [4.78, 5) is 30.6. The second-order valence-corrected chi connectivity index (χ2v) is 5.41. The van der Waals surface area contributed by atoms with E-state index < -0.39 is 6.03 Å². The lowest BCUT2D eigenvalue weighted by atomic mass is 10.0. The van der Waals surface area contributed by atoms with Crippen molar-refractivity contribution in [3.05, 3.63) is 53.9 Å². The quantitative estimate of drug-likeness (QED) is 0.544. The number of pyridine rings is 1. The van der Waals surface area contributed by atoms with Gasteiger partial charge in [0.05, 0.1) is 0 Å². The predicted octanol–water partition coefficient (Wildman–Crippen LogP) is 2.55. The Labute approximate surface area is 136 Å². The number of nitrogens with zero attached hydrogens (tertiary/aromatic N) is 1. The first kappa shape index (κ1) is 14.0. The molecule has 0 saturated heterocycles. The van der Waals surface area contributed by atoms with Gasteiger partial charge in [-0.1, -0.05) is 0 Å². The molecule has 0 atom stereocenters. The normalized spacial score (nSPS) is 14.7. The fraction of sp³-hybridized carbons (Fsp3) is 0. The number of hydrogen-bond donors (Lipinski definition) is 4. The highest BCUT2D eigenvalue weighted by atomic mass is 16.2. The van der Waals surface area contributed by atoms with Gasteiger partial charge in [-0.15, -0.1) is 0 Å². The number of amides is 3. The first-order valence-corrected chi connectivity index (χ1v) is 7.28. The number of benzene rings is 1. The van der Waals surface area contributed by atoms with Gasteiger partial charge < -0.3 is 21.4 Å². The lowest BCUT2D eigenvalue weighted by molar-refractivity contribution is -0.110. The van der Waals surface area contributed by atoms with E-state index in [4.69, 9.17) is 5.73 Å². The molecule has 0 unspecified atom stereocenters. The number of nitrogens with one attached hydrogen (secondary N) is 3. The zero-order chi connectivity index (χ0) is 16.7. The van der Waals surface area contributed by atoms with E-state index in [-0.39, 0.29) is 5.91 Å². The van der Waals surface area contributed by atoms with Gasteiger partial charge in [0, 0.05) is 45.9 Å². The van der Waals surface area contributed by atoms with Crippen LogP contribution in [-0.4, -0.2) is 21.9 Å². The van der Waals surface area contributed by atoms with Gasteiger partial charge in [0.25, 0.3) is 5.91 Å². The highest BCUT2D eigenvalue weighted by Gasteiger charge is 2.24. The number of carbonyl (C=O) groups is 2. The summed E-state index contributed by atoms with van der Waals surface area (Å²) in [5, 5.41) is 6.25. The molecule has 3 aromatic rings. The molecule has 1 aromatic carbocycles. The van der Waals surface area contributed by atoms with Crippen molar-refractivity contribution in [1.82, 2.24) is 9.97 Å². The average Bonchev–Trinajstić information content (AvgIpc) is 3.09. The third kappa shape index (κ3) is 2.28. The van der Waals surface area contributed by atoms with Crippen LogP contribution >= 0.6 is 0 Å². The Balaban J connectivity index is 1.82. The SMILES string of the molecule is NC(=O)Nc1ccc2c(c1)C(=Cc1c[nH]c3ncccc13)C(=O)N2. The fourth-order valence-corrected chi connectivity index (χ4v) is 2.80. The van der Waals surface area contributed by atoms with Crippen molar-refractivity contribution in [3.8, 4) is 0 Å². The Bertz CT molecular complexity index is 1020. The third-order valence-electron chi connectivity index (χ3n) is 3.85. The number of urea groups is 1. The number of carbonyl (C=O) groups excluding carboxylic acids is 2. The molecule has 0 radical (unpaired) electrons. The molecule has 7 nitrogen and oxygen atoms in total. The number of anilines is 2. The molecular formula is C17H13N5O2. The molecule has 3 amide bonds. The first-order chi connectivity index (χ1) is 11.6. The van der Waals surface area contributed by atoms with E-state index in [0.29, 0.717) is 22.5 Å². The molecule has 5 N–H and O–H groups in total. The van der Waals surface area contributed by atoms with E-state index in [1.807, 2.05) is 12.1 Å². The van der Waals surface area contributed by atoms with Crippen molar-refractivity contribution in [2.75, 3.05) is 10.6 Å². The maximum Gasteiger partial charge on any atom is 0.316 e. The number of primary amides is 1. The number of aromatic nitrogens is 2. The van der Waals surface area contributed by atoms with Crippen LogP contribution in [0.15, 0.2) is 42.7 Å². The molecule has 0 saturated carbocycles. The number of nitrogens with two attached hydrogens (primary N) is 1. The molecule has 0 fully saturated rings. The molecule has 118 valence electrons. The summed E-state index contributed by atoms with van der Waals surface area (Å²) in [6.45, 7) is 0. The maximum atomic E-state index is 12.3. The average molecular weight is 319 g/mol. The first-order valence-electron chi connectivity index (χ1n) is 7.28. The zero-order valence-corrected chi connectivity index (χ0v) is 12.5. The van der Waals surface area contributed by atoms with Gasteiger partial charge in [-0.05, 0) is 36.4 Å². The van der Waals surface area contributed by atoms with Crippen LogP contribution in [0.5, 0.6) is 0 Å². The Kier molecular flexibility index (Phi) is 3.06. The minimum Gasteiger partial charge on any atom is -0.351 e. The van der Waals surface area contributed by atoms with Crippen LogP contribution in [-0.2, 0) is 4.79 Å². The van der Waals surface area contributed by atoms with Crippen LogP contribution in [0.4, 0.5) is 16.2 Å². The zero-order valence-electron chi connectivity index (χ0n) is 12.5. The largest absolute Gasteiger partial charge is 0.351 e. The second-order valence-electron chi connectivity index (χ2n) is 5.41. The minimum atomic E-state index is -0.652. The van der Waals surface area contributed by atoms with Crippen molar-refractivity contribution in [3.63, 3.8) is 0 Å². The van der Waals surface area contributed by atoms with Crippen LogP contribution in [0.1, 0.15) is 11.1 Å². The molecule has 0 bridgehead atoms. The molecule has 1 aliphatic heterocycles. The van der Waals surface area contributed by atoms with E-state index in [1.165, 1.54) is 0 Å². The Morgan fingerprint density at radius 1 is 1.29 bits per heavy atom. The van der Waals surface area contributed by atoms with Crippen LogP contribution < -0.4 is 16.4 Å². The topological polar surface area (TPSA) is 113 Å². The van der Waals surface area contributed by atoms with E-state index in [9.17, 15) is 9.59 Å². The van der Waals surface area contributed by atoms with Gasteiger partial charge in [0.2, 0.25) is 0 Å². The Morgan fingerprint density at radius 3 is 3.00 bits per heavy atom. The maximum absolute atomic E-state index is 12.3. The van der Waals surface area contributed by atoms with Crippen molar-refractivity contribution >= 4 is 46.0 Å². The van der Waals surface area contributed by atoms with E-state index >= 15 is 0 Å². The van der Waals surface area contributed by atoms with Gasteiger partial charge in [0.1, 0.15) is 5.65 Å². The smallest absolute Gasteiger partial charge is 0.316 e. The monoisotopic (exact) mass is 319 g/mol. The lowest BCUT2D eigenvalue weighted by Crippen LogP contribution is -2.19. The summed E-state index contributed by atoms with van der Waals surface area (Å²) in [6.07, 6.45) is 5.31. The molecule has 0 aliphatic carbocycles. The summed E-state index contributed by atoms with van der Waals surface area (Å²) in [5.41, 5.74) is 9.22. The number of fused-ring (bicyclic) bond motifs is 2. The van der Waals surface area contributed by atoms with Crippen LogP contribution in [0, 0.1) is 0 Å². The van der Waals surface area contributed by atoms with Gasteiger partial charge >= 0.3 is 6.03 Å². The molecule has 4 rings (SSSR count). The van der Waals surface area contributed by atoms with Gasteiger partial charge in [0.15, 0.2) is 0 Å². The van der Waals surface area contributed by atoms with E-state index in [1.54, 1.807) is 36.7 Å². The highest BCUT2D eigenvalue weighted by Crippen LogP contribution is 2.35. The summed E-state index contributed by atoms with van der Waals surface area (Å²) in [7, 11) is 0. The van der Waals surface area contributed by atoms with Gasteiger partial charge in [-0.3, -0.25) is 4.79 Å². The summed E-state index contributed by atoms with van der Waals surface area (Å²) in [5.74, 6) is -0.195. The van der Waals surface area contributed by atoms with E-state index in [0.717, 1.165) is 16.6 Å². The number of H-pyrrole nitrogens is 1. The van der Waals surface area contributed by atoms with Crippen LogP contribution in [0.2, 0.25) is 0 Å². The minimum absolute atomic E-state index is 0.195. The standard InChI is InChI=1S/C17H13N5O2/c18-17(24)21-10-3-4-14-12(7-10)13(16(23)22-14)6-9-8-20-15-11(9)2-1-5-19-15/h1-8H,(H,19,20)(H,22,23)(H3,18,21,24). The van der Waals surface area contributed by atoms with Gasteiger partial charge in [-0.2, -0.15) is 0 Å². The summed E-state index contributed by atoms with van der Waals surface area (Å²) >= 11 is 0. The van der Waals surface area contributed by atoms with Crippen molar-refractivity contribution in [1.29, 1.82) is 0 Å². The fourth-order valence-electron chi connectivity index (χ4n) is 2.80. The van der Waals surface area contributed by atoms with Crippen molar-refractivity contribution in [2.24, 2.45) is 5.73 Å². The van der Waals surface area contributed by atoms with Crippen molar-refractivity contribution in [2.45, 2.75) is 0 Å². The molecule has 24 heavy (non-hydrogen) atoms. The van der Waals surface area contributed by atoms with Gasteiger partial charge in [-0.25, -0.2) is 9.78 Å². The molecule has 7 heteroatoms. The summed E-state index contributed by atoms with van der Waals surface area (Å²) < 4.78 is 0. The number of aromatic amines is 1. The predicted molar refractivity (Wildman–Crippen MR) is 92.2 cm³/mol. The summed E-state index contributed by atoms with van der Waals surface area (Å²) in [6, 6.07) is 8.26. The lowest BCUT2D eigenvalue weighted by Gasteiger charge is -2.04. The molecular weight excluding hydrogens is 306 g/mol. The molecule has 2 aromatic heterocycles. The number of hydrogen-bond acceptors (Lipinski definition) is 3. The third-order valence-corrected chi connectivity index (χ3v) is 3.85. The molecule has 0 spiro atoms. The Hall–Kier alpha value is -3.61.